The van der Waals surface area contributed by atoms with E-state index in [4.69, 9.17) is 56.8 Å². The number of hydrogen-bond donors (Lipinski definition) is 2. The Morgan fingerprint density at radius 3 is 1.14 bits per heavy atom. The highest BCUT2D eigenvalue weighted by atomic mass is 16.6. The number of rotatable bonds is 39. The molecule has 0 unspecified atom stereocenters. The second-order valence-corrected chi connectivity index (χ2v) is 12.3. The van der Waals surface area contributed by atoms with Crippen molar-refractivity contribution in [1.82, 2.24) is 5.32 Å². The SMILES string of the molecule is CC(C)(C)OC(=O)NCCOCCOCCOCCOCCOCCOCCOCCOCCOCCOCCOCCNc1ccc([N+](=O)[O-])cc1[N+](=O)[O-]. The number of alkyl carbamates (subject to hydrolysis) is 1. The normalized spacial score (nSPS) is 11.5. The lowest BCUT2D eigenvalue weighted by atomic mass is 10.2. The Morgan fingerprint density at radius 1 is 0.518 bits per heavy atom. The molecule has 0 heterocycles. The van der Waals surface area contributed by atoms with Crippen LogP contribution in [0, 0.1) is 20.2 Å². The number of amides is 1. The number of nitrogens with zero attached hydrogens (tertiary/aromatic N) is 2. The van der Waals surface area contributed by atoms with E-state index in [-0.39, 0.29) is 30.2 Å². The lowest BCUT2D eigenvalue weighted by Gasteiger charge is -2.19. The summed E-state index contributed by atoms with van der Waals surface area (Å²) < 4.78 is 65.0. The van der Waals surface area contributed by atoms with Crippen LogP contribution in [0.2, 0.25) is 0 Å². The minimum Gasteiger partial charge on any atom is -0.444 e. The number of nitrogens with one attached hydrogen (secondary N) is 2. The van der Waals surface area contributed by atoms with Crippen LogP contribution >= 0.6 is 0 Å². The van der Waals surface area contributed by atoms with Gasteiger partial charge in [-0.05, 0) is 26.8 Å². The molecule has 0 saturated carbocycles. The van der Waals surface area contributed by atoms with Gasteiger partial charge in [0, 0.05) is 19.2 Å². The molecule has 324 valence electrons. The van der Waals surface area contributed by atoms with Gasteiger partial charge in [0.1, 0.15) is 11.3 Å². The molecule has 0 aliphatic heterocycles. The third-order valence-electron chi connectivity index (χ3n) is 6.59. The molecule has 0 atom stereocenters. The van der Waals surface area contributed by atoms with E-state index in [9.17, 15) is 25.0 Å². The van der Waals surface area contributed by atoms with Gasteiger partial charge in [0.25, 0.3) is 11.4 Å². The van der Waals surface area contributed by atoms with Crippen LogP contribution in [0.1, 0.15) is 20.8 Å². The molecule has 1 rings (SSSR count). The lowest BCUT2D eigenvalue weighted by molar-refractivity contribution is -0.393. The van der Waals surface area contributed by atoms with Crippen LogP contribution in [0.25, 0.3) is 0 Å². The van der Waals surface area contributed by atoms with E-state index < -0.39 is 21.5 Å². The predicted octanol–water partition coefficient (Wildman–Crippen LogP) is 2.62. The van der Waals surface area contributed by atoms with Crippen LogP contribution < -0.4 is 10.6 Å². The molecular formula is C35H62N4O17. The largest absolute Gasteiger partial charge is 0.444 e. The van der Waals surface area contributed by atoms with Crippen molar-refractivity contribution in [2.75, 3.05) is 164 Å². The van der Waals surface area contributed by atoms with Gasteiger partial charge in [-0.2, -0.15) is 0 Å². The Kier molecular flexibility index (Phi) is 31.5. The molecule has 21 heteroatoms. The zero-order valence-electron chi connectivity index (χ0n) is 33.0. The summed E-state index contributed by atoms with van der Waals surface area (Å²) in [6.07, 6.45) is -0.464. The summed E-state index contributed by atoms with van der Waals surface area (Å²) in [7, 11) is 0. The molecule has 0 radical (unpaired) electrons. The number of carbonyl (C=O) groups excluding carboxylic acids is 1. The highest BCUT2D eigenvalue weighted by molar-refractivity contribution is 5.67. The molecule has 0 aromatic heterocycles. The topological polar surface area (TPSA) is 238 Å². The number of benzene rings is 1. The van der Waals surface area contributed by atoms with Gasteiger partial charge in [-0.3, -0.25) is 20.2 Å². The minimum atomic E-state index is -0.684. The first-order chi connectivity index (χ1) is 27.1. The smallest absolute Gasteiger partial charge is 0.407 e. The predicted molar refractivity (Wildman–Crippen MR) is 201 cm³/mol. The number of nitro benzene ring substituents is 2. The Bertz CT molecular complexity index is 1150. The number of nitro groups is 2. The molecule has 0 spiro atoms. The van der Waals surface area contributed by atoms with Crippen molar-refractivity contribution >= 4 is 23.2 Å². The van der Waals surface area contributed by atoms with E-state index in [1.54, 1.807) is 20.8 Å². The minimum absolute atomic E-state index is 0.181. The molecule has 2 N–H and O–H groups in total. The van der Waals surface area contributed by atoms with Gasteiger partial charge >= 0.3 is 6.09 Å². The summed E-state index contributed by atoms with van der Waals surface area (Å²) in [6.45, 7) is 15.4. The second kappa shape index (κ2) is 34.9. The summed E-state index contributed by atoms with van der Waals surface area (Å²) in [5.74, 6) is 0. The maximum atomic E-state index is 11.5. The number of ether oxygens (including phenoxy) is 12. The van der Waals surface area contributed by atoms with E-state index in [2.05, 4.69) is 10.6 Å². The quantitative estimate of drug-likeness (QED) is 0.0552. The monoisotopic (exact) mass is 810 g/mol. The fourth-order valence-corrected chi connectivity index (χ4v) is 4.03. The van der Waals surface area contributed by atoms with Crippen molar-refractivity contribution in [3.05, 3.63) is 38.4 Å². The van der Waals surface area contributed by atoms with Crippen molar-refractivity contribution in [3.8, 4) is 0 Å². The van der Waals surface area contributed by atoms with Crippen LogP contribution in [0.15, 0.2) is 18.2 Å². The Labute approximate surface area is 328 Å². The molecule has 0 bridgehead atoms. The summed E-state index contributed by atoms with van der Waals surface area (Å²) in [4.78, 5) is 32.1. The molecule has 56 heavy (non-hydrogen) atoms. The van der Waals surface area contributed by atoms with Gasteiger partial charge in [-0.25, -0.2) is 4.79 Å². The Hall–Kier alpha value is -3.35. The van der Waals surface area contributed by atoms with E-state index in [1.165, 1.54) is 12.1 Å². The van der Waals surface area contributed by atoms with Crippen molar-refractivity contribution in [1.29, 1.82) is 0 Å². The van der Waals surface area contributed by atoms with E-state index in [0.29, 0.717) is 145 Å². The molecule has 1 aromatic rings. The summed E-state index contributed by atoms with van der Waals surface area (Å²) >= 11 is 0. The van der Waals surface area contributed by atoms with Gasteiger partial charge in [-0.15, -0.1) is 0 Å². The van der Waals surface area contributed by atoms with Crippen molar-refractivity contribution in [3.63, 3.8) is 0 Å². The zero-order valence-corrected chi connectivity index (χ0v) is 33.0. The van der Waals surface area contributed by atoms with Crippen LogP contribution in [-0.2, 0) is 56.8 Å². The zero-order chi connectivity index (χ0) is 41.0. The van der Waals surface area contributed by atoms with Gasteiger partial charge in [0.15, 0.2) is 0 Å². The molecule has 21 nitrogen and oxygen atoms in total. The second-order valence-electron chi connectivity index (χ2n) is 12.3. The summed E-state index contributed by atoms with van der Waals surface area (Å²) in [6, 6.07) is 3.42. The standard InChI is InChI=1S/C35H62N4O17/c1-35(2,3)56-34(40)37-7-9-46-11-13-48-15-17-50-19-21-52-23-25-54-27-29-55-28-26-53-24-22-51-20-18-49-16-14-47-12-10-45-8-6-36-32-5-4-31(38(41)42)30-33(32)39(43)44/h4-5,30,36H,6-29H2,1-3H3,(H,37,40). The summed E-state index contributed by atoms with van der Waals surface area (Å²) in [5.41, 5.74) is -1.06. The van der Waals surface area contributed by atoms with Crippen LogP contribution in [0.4, 0.5) is 21.9 Å². The van der Waals surface area contributed by atoms with Crippen molar-refractivity contribution in [2.45, 2.75) is 26.4 Å². The third kappa shape index (κ3) is 31.8. The van der Waals surface area contributed by atoms with Gasteiger partial charge < -0.3 is 67.5 Å². The van der Waals surface area contributed by atoms with Crippen LogP contribution in [0.5, 0.6) is 0 Å². The summed E-state index contributed by atoms with van der Waals surface area (Å²) in [5, 5.41) is 27.4. The van der Waals surface area contributed by atoms with Crippen molar-refractivity contribution < 1.29 is 71.5 Å². The average molecular weight is 811 g/mol. The maximum absolute atomic E-state index is 11.5. The first kappa shape index (κ1) is 50.7. The van der Waals surface area contributed by atoms with Crippen LogP contribution in [0.3, 0.4) is 0 Å². The molecular weight excluding hydrogens is 748 g/mol. The number of non-ortho nitro benzene ring substituents is 1. The number of hydrogen-bond acceptors (Lipinski definition) is 18. The molecule has 0 aliphatic rings. The average Bonchev–Trinajstić information content (AvgIpc) is 3.15. The molecule has 0 fully saturated rings. The Balaban J connectivity index is 1.70. The third-order valence-corrected chi connectivity index (χ3v) is 6.59. The number of carbonyl (C=O) groups is 1. The molecule has 1 amide bonds. The molecule has 0 aliphatic carbocycles. The first-order valence-electron chi connectivity index (χ1n) is 18.6. The Morgan fingerprint density at radius 2 is 0.839 bits per heavy atom. The molecule has 1 aromatic carbocycles. The highest BCUT2D eigenvalue weighted by Crippen LogP contribution is 2.28. The van der Waals surface area contributed by atoms with Crippen molar-refractivity contribution in [2.24, 2.45) is 0 Å². The van der Waals surface area contributed by atoms with E-state index in [0.717, 1.165) is 6.07 Å². The van der Waals surface area contributed by atoms with Crippen LogP contribution in [-0.4, -0.2) is 180 Å². The maximum Gasteiger partial charge on any atom is 0.407 e. The molecule has 0 saturated heterocycles. The van der Waals surface area contributed by atoms with E-state index in [1.807, 2.05) is 0 Å². The fraction of sp³-hybridized carbons (Fsp3) is 0.800. The van der Waals surface area contributed by atoms with E-state index >= 15 is 0 Å². The van der Waals surface area contributed by atoms with Gasteiger partial charge in [-0.1, -0.05) is 0 Å². The highest BCUT2D eigenvalue weighted by Gasteiger charge is 2.19. The number of anilines is 1. The van der Waals surface area contributed by atoms with Gasteiger partial charge in [0.05, 0.1) is 161 Å². The van der Waals surface area contributed by atoms with Gasteiger partial charge in [0.2, 0.25) is 0 Å². The first-order valence-corrected chi connectivity index (χ1v) is 18.6. The lowest BCUT2D eigenvalue weighted by Crippen LogP contribution is -2.34. The fourth-order valence-electron chi connectivity index (χ4n) is 4.03.